The van der Waals surface area contributed by atoms with Crippen molar-refractivity contribution in [2.45, 2.75) is 13.8 Å². The zero-order chi connectivity index (χ0) is 11.8. The van der Waals surface area contributed by atoms with Crippen molar-refractivity contribution in [1.29, 1.82) is 0 Å². The van der Waals surface area contributed by atoms with Gasteiger partial charge in [0.25, 0.3) is 0 Å². The molecule has 0 aliphatic heterocycles. The first-order chi connectivity index (χ1) is 6.60. The van der Waals surface area contributed by atoms with Gasteiger partial charge in [-0.15, -0.1) is 13.2 Å². The zero-order valence-corrected chi connectivity index (χ0v) is 9.03. The Morgan fingerprint density at radius 2 is 1.71 bits per heavy atom. The minimum absolute atomic E-state index is 0.0833. The van der Waals surface area contributed by atoms with Crippen LogP contribution in [0.4, 0.5) is 0 Å². The topological polar surface area (TPSA) is 46.5 Å². The van der Waals surface area contributed by atoms with Crippen molar-refractivity contribution in [2.24, 2.45) is 0 Å². The number of esters is 1. The number of hydrogen-bond acceptors (Lipinski definition) is 3. The molecular formula is C11H20O3. The number of aliphatic hydroxyl groups excluding tert-OH is 1. The van der Waals surface area contributed by atoms with Gasteiger partial charge in [0.15, 0.2) is 0 Å². The lowest BCUT2D eigenvalue weighted by molar-refractivity contribution is -0.139. The maximum atomic E-state index is 9.93. The number of hydrogen-bond donors (Lipinski definition) is 1. The minimum Gasteiger partial charge on any atom is -0.462 e. The van der Waals surface area contributed by atoms with Crippen LogP contribution in [0.2, 0.25) is 0 Å². The van der Waals surface area contributed by atoms with Gasteiger partial charge in [-0.25, -0.2) is 0 Å². The molecule has 0 aliphatic carbocycles. The van der Waals surface area contributed by atoms with Crippen molar-refractivity contribution in [3.63, 3.8) is 0 Å². The van der Waals surface area contributed by atoms with Crippen molar-refractivity contribution in [2.75, 3.05) is 13.2 Å². The van der Waals surface area contributed by atoms with Crippen LogP contribution in [0.5, 0.6) is 0 Å². The first kappa shape index (κ1) is 18.4. The molecule has 0 unspecified atom stereocenters. The fourth-order valence-electron chi connectivity index (χ4n) is 0.176. The van der Waals surface area contributed by atoms with E-state index in [0.29, 0.717) is 6.61 Å². The summed E-state index contributed by atoms with van der Waals surface area (Å²) in [7, 11) is 0. The Labute approximate surface area is 86.4 Å². The first-order valence-corrected chi connectivity index (χ1v) is 4.13. The van der Waals surface area contributed by atoms with Crippen molar-refractivity contribution >= 4 is 5.97 Å². The molecule has 0 aromatic rings. The second-order valence-corrected chi connectivity index (χ2v) is 1.97. The van der Waals surface area contributed by atoms with Crippen molar-refractivity contribution < 1.29 is 14.6 Å². The van der Waals surface area contributed by atoms with Crippen molar-refractivity contribution in [1.82, 2.24) is 0 Å². The summed E-state index contributed by atoms with van der Waals surface area (Å²) in [4.78, 5) is 9.93. The molecule has 0 amide bonds. The van der Waals surface area contributed by atoms with Crippen LogP contribution in [0, 0.1) is 0 Å². The number of allylic oxidation sites excluding steroid dienone is 1. The van der Waals surface area contributed by atoms with Crippen LogP contribution in [0.3, 0.4) is 0 Å². The second kappa shape index (κ2) is 22.6. The summed E-state index contributed by atoms with van der Waals surface area (Å²) < 4.78 is 4.43. The van der Waals surface area contributed by atoms with Gasteiger partial charge in [-0.05, 0) is 6.92 Å². The molecule has 82 valence electrons. The largest absolute Gasteiger partial charge is 0.462 e. The fourth-order valence-corrected chi connectivity index (χ4v) is 0.176. The molecule has 1 N–H and O–H groups in total. The van der Waals surface area contributed by atoms with E-state index in [9.17, 15) is 4.79 Å². The molecule has 0 saturated heterocycles. The van der Waals surface area contributed by atoms with Gasteiger partial charge in [0.1, 0.15) is 6.61 Å². The summed E-state index contributed by atoms with van der Waals surface area (Å²) in [5, 5.41) is 7.76. The molecule has 0 aromatic heterocycles. The van der Waals surface area contributed by atoms with E-state index in [2.05, 4.69) is 24.5 Å². The molecule has 0 spiro atoms. The van der Waals surface area contributed by atoms with Crippen molar-refractivity contribution in [3.8, 4) is 0 Å². The molecule has 14 heavy (non-hydrogen) atoms. The van der Waals surface area contributed by atoms with E-state index in [-0.39, 0.29) is 12.6 Å². The molecule has 0 atom stereocenters. The number of rotatable bonds is 3. The average molecular weight is 200 g/mol. The van der Waals surface area contributed by atoms with E-state index in [1.807, 2.05) is 6.92 Å². The van der Waals surface area contributed by atoms with E-state index < -0.39 is 0 Å². The zero-order valence-electron chi connectivity index (χ0n) is 9.03. The predicted octanol–water partition coefficient (Wildman–Crippen LogP) is 2.09. The van der Waals surface area contributed by atoms with Crippen LogP contribution in [0.25, 0.3) is 0 Å². The number of carbonyl (C=O) groups excluding carboxylic acids is 1. The molecule has 0 bridgehead atoms. The molecule has 3 heteroatoms. The number of aliphatic hydroxyl groups is 1. The quantitative estimate of drug-likeness (QED) is 0.560. The van der Waals surface area contributed by atoms with Gasteiger partial charge in [-0.2, -0.15) is 0 Å². The van der Waals surface area contributed by atoms with Gasteiger partial charge < -0.3 is 9.84 Å². The predicted molar refractivity (Wildman–Crippen MR) is 60.0 cm³/mol. The lowest BCUT2D eigenvalue weighted by Crippen LogP contribution is -1.96. The maximum absolute atomic E-state index is 9.93. The summed E-state index contributed by atoms with van der Waals surface area (Å²) >= 11 is 0. The summed E-state index contributed by atoms with van der Waals surface area (Å²) in [6.07, 6.45) is 4.71. The molecule has 0 radical (unpaired) electrons. The molecular weight excluding hydrogens is 180 g/mol. The highest BCUT2D eigenvalue weighted by atomic mass is 16.5. The molecule has 3 nitrogen and oxygen atoms in total. The highest BCUT2D eigenvalue weighted by molar-refractivity contribution is 5.65. The first-order valence-electron chi connectivity index (χ1n) is 4.13. The van der Waals surface area contributed by atoms with Gasteiger partial charge in [-0.1, -0.05) is 24.8 Å². The van der Waals surface area contributed by atoms with E-state index in [1.165, 1.54) is 19.1 Å². The second-order valence-electron chi connectivity index (χ2n) is 1.97. The summed E-state index contributed by atoms with van der Waals surface area (Å²) in [5.41, 5.74) is 0. The third-order valence-corrected chi connectivity index (χ3v) is 0.534. The molecule has 0 aromatic carbocycles. The highest BCUT2D eigenvalue weighted by Crippen LogP contribution is 1.73. The van der Waals surface area contributed by atoms with Gasteiger partial charge in [0, 0.05) is 6.92 Å². The standard InChI is InChI=1S/C5H8O2.C3H6O.C3H6/c1-3-4-7-5(2)6;1-2-3-4;1-3-2/h3H,1,4H2,2H3;2,4H,1,3H2;3H,1H2,2H3. The summed E-state index contributed by atoms with van der Waals surface area (Å²) in [6.45, 7) is 13.6. The van der Waals surface area contributed by atoms with Crippen molar-refractivity contribution in [3.05, 3.63) is 38.0 Å². The van der Waals surface area contributed by atoms with E-state index in [1.54, 1.807) is 6.08 Å². The fraction of sp³-hybridized carbons (Fsp3) is 0.364. The Morgan fingerprint density at radius 3 is 1.79 bits per heavy atom. The van der Waals surface area contributed by atoms with Crippen LogP contribution in [0.1, 0.15) is 13.8 Å². The van der Waals surface area contributed by atoms with Crippen LogP contribution < -0.4 is 0 Å². The Bertz CT molecular complexity index is 151. The summed E-state index contributed by atoms with van der Waals surface area (Å²) in [5.74, 6) is -0.264. The van der Waals surface area contributed by atoms with E-state index >= 15 is 0 Å². The van der Waals surface area contributed by atoms with E-state index in [0.717, 1.165) is 0 Å². The SMILES string of the molecule is C=CC.C=CCO.C=CCOC(C)=O. The Morgan fingerprint density at radius 1 is 1.36 bits per heavy atom. The normalized spacial score (nSPS) is 6.50. The third kappa shape index (κ3) is 74.4. The summed E-state index contributed by atoms with van der Waals surface area (Å²) in [6, 6.07) is 0. The lowest BCUT2D eigenvalue weighted by atomic mass is 10.7. The number of carbonyl (C=O) groups is 1. The van der Waals surface area contributed by atoms with Crippen LogP contribution in [-0.4, -0.2) is 24.3 Å². The molecule has 0 heterocycles. The smallest absolute Gasteiger partial charge is 0.302 e. The maximum Gasteiger partial charge on any atom is 0.302 e. The number of ether oxygens (including phenoxy) is 1. The average Bonchev–Trinajstić information content (AvgIpc) is 2.16. The molecule has 0 saturated carbocycles. The molecule has 0 rings (SSSR count). The van der Waals surface area contributed by atoms with Crippen LogP contribution >= 0.6 is 0 Å². The van der Waals surface area contributed by atoms with Gasteiger partial charge >= 0.3 is 5.97 Å². The minimum atomic E-state index is -0.264. The molecule has 0 aliphatic rings. The Balaban J connectivity index is -0.000000147. The highest BCUT2D eigenvalue weighted by Gasteiger charge is 1.83. The Hall–Kier alpha value is -1.35. The monoisotopic (exact) mass is 200 g/mol. The van der Waals surface area contributed by atoms with Crippen LogP contribution in [-0.2, 0) is 9.53 Å². The van der Waals surface area contributed by atoms with Gasteiger partial charge in [0.05, 0.1) is 6.61 Å². The van der Waals surface area contributed by atoms with Gasteiger partial charge in [0.2, 0.25) is 0 Å². The molecule has 0 fully saturated rings. The van der Waals surface area contributed by atoms with Crippen LogP contribution in [0.15, 0.2) is 38.0 Å². The van der Waals surface area contributed by atoms with E-state index in [4.69, 9.17) is 5.11 Å². The third-order valence-electron chi connectivity index (χ3n) is 0.534. The Kier molecular flexibility index (Phi) is 29.7. The lowest BCUT2D eigenvalue weighted by Gasteiger charge is -1.90. The van der Waals surface area contributed by atoms with Gasteiger partial charge in [-0.3, -0.25) is 4.79 Å².